The van der Waals surface area contributed by atoms with Crippen molar-refractivity contribution in [2.24, 2.45) is 5.92 Å². The molecule has 2 rings (SSSR count). The Kier molecular flexibility index (Phi) is 7.11. The predicted molar refractivity (Wildman–Crippen MR) is 92.5 cm³/mol. The van der Waals surface area contributed by atoms with Crippen molar-refractivity contribution in [2.45, 2.75) is 33.1 Å². The lowest BCUT2D eigenvalue weighted by Crippen LogP contribution is -2.07. The van der Waals surface area contributed by atoms with Crippen LogP contribution in [0.3, 0.4) is 0 Å². The molecular weight excluding hydrogens is 308 g/mol. The first-order valence-electron chi connectivity index (χ1n) is 7.72. The van der Waals surface area contributed by atoms with Gasteiger partial charge >= 0.3 is 5.97 Å². The van der Waals surface area contributed by atoms with E-state index >= 15 is 0 Å². The van der Waals surface area contributed by atoms with Gasteiger partial charge in [-0.15, -0.1) is 0 Å². The van der Waals surface area contributed by atoms with Crippen LogP contribution >= 0.6 is 0 Å². The Morgan fingerprint density at radius 2 is 1.29 bits per heavy atom. The zero-order chi connectivity index (χ0) is 18.3. The van der Waals surface area contributed by atoms with Gasteiger partial charge in [0, 0.05) is 18.2 Å². The molecule has 0 saturated heterocycles. The molecule has 0 fully saturated rings. The molecule has 0 radical (unpaired) electrons. The molecule has 2 aromatic carbocycles. The SMILES string of the molecule is CC(C)Cc1ccc(C(C)C(=O)O)cc1.Oc1cc(O)cc(O)c1. The Labute approximate surface area is 141 Å². The third kappa shape index (κ3) is 6.60. The molecule has 0 aliphatic heterocycles. The van der Waals surface area contributed by atoms with Crippen molar-refractivity contribution in [3.05, 3.63) is 53.6 Å². The number of aliphatic carboxylic acids is 1. The number of hydrogen-bond donors (Lipinski definition) is 4. The number of carboxylic acid groups (broad SMARTS) is 1. The van der Waals surface area contributed by atoms with Gasteiger partial charge in [0.15, 0.2) is 0 Å². The summed E-state index contributed by atoms with van der Waals surface area (Å²) in [6.07, 6.45) is 1.04. The van der Waals surface area contributed by atoms with E-state index in [0.717, 1.165) is 30.2 Å². The number of aromatic hydroxyl groups is 3. The first-order valence-corrected chi connectivity index (χ1v) is 7.72. The van der Waals surface area contributed by atoms with E-state index in [1.807, 2.05) is 24.3 Å². The minimum Gasteiger partial charge on any atom is -0.508 e. The van der Waals surface area contributed by atoms with Crippen LogP contribution in [0, 0.1) is 5.92 Å². The maximum Gasteiger partial charge on any atom is 0.310 e. The van der Waals surface area contributed by atoms with E-state index in [-0.39, 0.29) is 17.2 Å². The maximum atomic E-state index is 10.8. The predicted octanol–water partition coefficient (Wildman–Crippen LogP) is 3.88. The van der Waals surface area contributed by atoms with Crippen molar-refractivity contribution < 1.29 is 25.2 Å². The number of carboxylic acids is 1. The molecule has 2 aromatic rings. The molecule has 5 heteroatoms. The lowest BCUT2D eigenvalue weighted by Gasteiger charge is -2.09. The summed E-state index contributed by atoms with van der Waals surface area (Å²) in [5, 5.41) is 34.9. The molecule has 0 spiro atoms. The van der Waals surface area contributed by atoms with Crippen LogP contribution in [0.4, 0.5) is 0 Å². The van der Waals surface area contributed by atoms with Crippen LogP contribution in [-0.2, 0) is 11.2 Å². The highest BCUT2D eigenvalue weighted by atomic mass is 16.4. The second kappa shape index (κ2) is 8.82. The molecule has 4 N–H and O–H groups in total. The Bertz CT molecular complexity index is 611. The molecule has 0 saturated carbocycles. The molecule has 1 unspecified atom stereocenters. The number of carbonyl (C=O) groups is 1. The zero-order valence-corrected chi connectivity index (χ0v) is 14.1. The molecule has 0 aliphatic carbocycles. The summed E-state index contributed by atoms with van der Waals surface area (Å²) in [6, 6.07) is 11.3. The van der Waals surface area contributed by atoms with Crippen LogP contribution in [0.5, 0.6) is 17.2 Å². The smallest absolute Gasteiger partial charge is 0.310 e. The molecule has 5 nitrogen and oxygen atoms in total. The summed E-state index contributed by atoms with van der Waals surface area (Å²) in [7, 11) is 0. The first kappa shape index (κ1) is 19.4. The number of phenolic OH excluding ortho intramolecular Hbond substituents is 3. The average molecular weight is 332 g/mol. The van der Waals surface area contributed by atoms with Crippen molar-refractivity contribution in [1.29, 1.82) is 0 Å². The van der Waals surface area contributed by atoms with E-state index in [1.165, 1.54) is 5.56 Å². The van der Waals surface area contributed by atoms with Crippen LogP contribution in [-0.4, -0.2) is 26.4 Å². The van der Waals surface area contributed by atoms with Gasteiger partial charge in [0.2, 0.25) is 0 Å². The molecule has 130 valence electrons. The fourth-order valence-electron chi connectivity index (χ4n) is 2.14. The number of phenols is 3. The lowest BCUT2D eigenvalue weighted by atomic mass is 9.97. The second-order valence-electron chi connectivity index (χ2n) is 6.11. The Morgan fingerprint density at radius 1 is 0.875 bits per heavy atom. The topological polar surface area (TPSA) is 98.0 Å². The van der Waals surface area contributed by atoms with Gasteiger partial charge in [-0.1, -0.05) is 38.1 Å². The van der Waals surface area contributed by atoms with Crippen molar-refractivity contribution in [2.75, 3.05) is 0 Å². The van der Waals surface area contributed by atoms with Crippen molar-refractivity contribution in [3.8, 4) is 17.2 Å². The van der Waals surface area contributed by atoms with Gasteiger partial charge in [-0.25, -0.2) is 0 Å². The standard InChI is InChI=1S/C13H18O2.C6H6O3/c1-9(2)8-11-4-6-12(7-5-11)10(3)13(14)15;7-4-1-5(8)3-6(9)2-4/h4-7,9-10H,8H2,1-3H3,(H,14,15);1-3,7-9H. The summed E-state index contributed by atoms with van der Waals surface area (Å²) in [6.45, 7) is 6.06. The summed E-state index contributed by atoms with van der Waals surface area (Å²) < 4.78 is 0. The highest BCUT2D eigenvalue weighted by Crippen LogP contribution is 2.24. The largest absolute Gasteiger partial charge is 0.508 e. The van der Waals surface area contributed by atoms with Crippen LogP contribution in [0.15, 0.2) is 42.5 Å². The van der Waals surface area contributed by atoms with Gasteiger partial charge in [-0.3, -0.25) is 4.79 Å². The van der Waals surface area contributed by atoms with Gasteiger partial charge in [0.05, 0.1) is 5.92 Å². The molecule has 0 amide bonds. The van der Waals surface area contributed by atoms with Crippen molar-refractivity contribution in [3.63, 3.8) is 0 Å². The van der Waals surface area contributed by atoms with Gasteiger partial charge in [-0.05, 0) is 30.4 Å². The Morgan fingerprint density at radius 3 is 1.62 bits per heavy atom. The number of benzene rings is 2. The van der Waals surface area contributed by atoms with Gasteiger partial charge < -0.3 is 20.4 Å². The van der Waals surface area contributed by atoms with E-state index in [4.69, 9.17) is 20.4 Å². The Hall–Kier alpha value is -2.69. The molecule has 0 aliphatic rings. The average Bonchev–Trinajstić information content (AvgIpc) is 2.45. The molecule has 0 bridgehead atoms. The second-order valence-corrected chi connectivity index (χ2v) is 6.11. The molecular formula is C19H24O5. The number of hydrogen-bond acceptors (Lipinski definition) is 4. The lowest BCUT2D eigenvalue weighted by molar-refractivity contribution is -0.138. The summed E-state index contributed by atoms with van der Waals surface area (Å²) in [5.41, 5.74) is 2.14. The minimum absolute atomic E-state index is 0.146. The van der Waals surface area contributed by atoms with E-state index in [9.17, 15) is 4.79 Å². The van der Waals surface area contributed by atoms with Gasteiger partial charge in [0.25, 0.3) is 0 Å². The third-order valence-electron chi connectivity index (χ3n) is 3.38. The van der Waals surface area contributed by atoms with Crippen LogP contribution in [0.2, 0.25) is 0 Å². The maximum absolute atomic E-state index is 10.8. The van der Waals surface area contributed by atoms with Gasteiger partial charge in [0.1, 0.15) is 17.2 Å². The zero-order valence-electron chi connectivity index (χ0n) is 14.1. The van der Waals surface area contributed by atoms with Crippen molar-refractivity contribution in [1.82, 2.24) is 0 Å². The van der Waals surface area contributed by atoms with Gasteiger partial charge in [-0.2, -0.15) is 0 Å². The van der Waals surface area contributed by atoms with Crippen molar-refractivity contribution >= 4 is 5.97 Å². The minimum atomic E-state index is -0.772. The van der Waals surface area contributed by atoms with Crippen LogP contribution in [0.1, 0.15) is 37.8 Å². The molecule has 0 heterocycles. The monoisotopic (exact) mass is 332 g/mol. The summed E-state index contributed by atoms with van der Waals surface area (Å²) in [5.74, 6) is -0.995. The third-order valence-corrected chi connectivity index (χ3v) is 3.38. The van der Waals surface area contributed by atoms with E-state index < -0.39 is 11.9 Å². The molecule has 24 heavy (non-hydrogen) atoms. The number of rotatable bonds is 4. The summed E-state index contributed by atoms with van der Waals surface area (Å²) in [4.78, 5) is 10.8. The van der Waals surface area contributed by atoms with E-state index in [1.54, 1.807) is 6.92 Å². The Balaban J connectivity index is 0.000000272. The van der Waals surface area contributed by atoms with Crippen LogP contribution < -0.4 is 0 Å². The first-order chi connectivity index (χ1) is 11.2. The fraction of sp³-hybridized carbons (Fsp3) is 0.316. The highest BCUT2D eigenvalue weighted by Gasteiger charge is 2.12. The normalized spacial score (nSPS) is 11.5. The molecule has 0 aromatic heterocycles. The summed E-state index contributed by atoms with van der Waals surface area (Å²) >= 11 is 0. The molecule has 1 atom stereocenters. The van der Waals surface area contributed by atoms with Crippen LogP contribution in [0.25, 0.3) is 0 Å². The quantitative estimate of drug-likeness (QED) is 0.681. The fourth-order valence-corrected chi connectivity index (χ4v) is 2.14. The highest BCUT2D eigenvalue weighted by molar-refractivity contribution is 5.75. The van der Waals surface area contributed by atoms with E-state index in [2.05, 4.69) is 13.8 Å². The van der Waals surface area contributed by atoms with E-state index in [0.29, 0.717) is 5.92 Å².